The number of allylic oxidation sites excluding steroid dienone is 4. The summed E-state index contributed by atoms with van der Waals surface area (Å²) in [5, 5.41) is 19.8. The molecule has 3 heteroatoms. The van der Waals surface area contributed by atoms with Crippen LogP contribution in [0.25, 0.3) is 0 Å². The fourth-order valence-corrected chi connectivity index (χ4v) is 7.10. The van der Waals surface area contributed by atoms with Crippen molar-refractivity contribution in [1.29, 1.82) is 0 Å². The lowest BCUT2D eigenvalue weighted by Gasteiger charge is -2.22. The van der Waals surface area contributed by atoms with Gasteiger partial charge in [0, 0.05) is 6.61 Å². The Hall–Kier alpha value is -0.640. The van der Waals surface area contributed by atoms with Crippen molar-refractivity contribution in [2.24, 2.45) is 0 Å². The van der Waals surface area contributed by atoms with Crippen molar-refractivity contribution in [3.8, 4) is 0 Å². The van der Waals surface area contributed by atoms with Crippen molar-refractivity contribution < 1.29 is 14.9 Å². The van der Waals surface area contributed by atoms with Crippen LogP contribution in [0.4, 0.5) is 0 Å². The summed E-state index contributed by atoms with van der Waals surface area (Å²) in [4.78, 5) is 0. The molecule has 0 aliphatic heterocycles. The summed E-state index contributed by atoms with van der Waals surface area (Å²) in [5.74, 6) is 0. The van der Waals surface area contributed by atoms with E-state index in [9.17, 15) is 10.2 Å². The number of aliphatic hydroxyl groups is 2. The van der Waals surface area contributed by atoms with E-state index in [1.165, 1.54) is 218 Å². The van der Waals surface area contributed by atoms with Gasteiger partial charge >= 0.3 is 0 Å². The Bertz CT molecular complexity index is 659. The highest BCUT2D eigenvalue weighted by Gasteiger charge is 2.18. The van der Waals surface area contributed by atoms with Gasteiger partial charge in [-0.1, -0.05) is 212 Å². The molecule has 0 heterocycles. The zero-order valence-corrected chi connectivity index (χ0v) is 34.3. The SMILES string of the molecule is CCCCCCCCC=CCCCCCCCCCCCCOC(CCCCCCCCCCCCC=CCCCCCCCC)C(O)CO. The largest absolute Gasteiger partial charge is 0.394 e. The van der Waals surface area contributed by atoms with E-state index in [2.05, 4.69) is 38.2 Å². The highest BCUT2D eigenvalue weighted by Crippen LogP contribution is 2.17. The number of hydrogen-bond donors (Lipinski definition) is 2. The minimum Gasteiger partial charge on any atom is -0.394 e. The first-order valence-corrected chi connectivity index (χ1v) is 23.0. The molecule has 0 spiro atoms. The quantitative estimate of drug-likeness (QED) is 0.0491. The van der Waals surface area contributed by atoms with E-state index in [4.69, 9.17) is 4.74 Å². The second-order valence-electron chi connectivity index (χ2n) is 15.7. The van der Waals surface area contributed by atoms with Crippen molar-refractivity contribution in [2.75, 3.05) is 13.2 Å². The zero-order chi connectivity index (χ0) is 36.3. The van der Waals surface area contributed by atoms with Crippen molar-refractivity contribution in [3.63, 3.8) is 0 Å². The van der Waals surface area contributed by atoms with E-state index in [0.29, 0.717) is 6.61 Å². The predicted octanol–water partition coefficient (Wildman–Crippen LogP) is 15.3. The molecule has 0 aromatic carbocycles. The molecule has 0 amide bonds. The summed E-state index contributed by atoms with van der Waals surface area (Å²) < 4.78 is 6.05. The molecule has 0 aliphatic rings. The van der Waals surface area contributed by atoms with Crippen LogP contribution in [0.5, 0.6) is 0 Å². The van der Waals surface area contributed by atoms with Gasteiger partial charge in [-0.25, -0.2) is 0 Å². The number of unbranched alkanes of at least 4 members (excludes halogenated alkanes) is 32. The maximum Gasteiger partial charge on any atom is 0.103 e. The highest BCUT2D eigenvalue weighted by atomic mass is 16.5. The molecule has 0 saturated carbocycles. The van der Waals surface area contributed by atoms with Crippen LogP contribution < -0.4 is 0 Å². The molecule has 2 unspecified atom stereocenters. The molecular formula is C47H92O3. The molecule has 0 saturated heterocycles. The van der Waals surface area contributed by atoms with Gasteiger partial charge in [0.05, 0.1) is 12.7 Å². The van der Waals surface area contributed by atoms with Gasteiger partial charge in [0.25, 0.3) is 0 Å². The molecule has 50 heavy (non-hydrogen) atoms. The van der Waals surface area contributed by atoms with Gasteiger partial charge in [0.1, 0.15) is 6.10 Å². The molecule has 0 aromatic heterocycles. The van der Waals surface area contributed by atoms with E-state index >= 15 is 0 Å². The predicted molar refractivity (Wildman–Crippen MR) is 223 cm³/mol. The second-order valence-corrected chi connectivity index (χ2v) is 15.7. The molecule has 0 bridgehead atoms. The maximum atomic E-state index is 10.3. The van der Waals surface area contributed by atoms with Crippen molar-refractivity contribution >= 4 is 0 Å². The summed E-state index contributed by atoms with van der Waals surface area (Å²) in [6.45, 7) is 5.09. The standard InChI is InChI=1S/C47H92O3/c1-3-5-7-9-11-13-15-17-19-21-23-25-27-29-31-33-35-37-39-41-43-47(46(49)45-48)50-44-42-40-38-36-34-32-30-28-26-24-22-20-18-16-14-12-10-8-6-4-2/h17-20,46-49H,3-16,21-45H2,1-2H3. The lowest BCUT2D eigenvalue weighted by molar-refractivity contribution is -0.0629. The van der Waals surface area contributed by atoms with E-state index in [-0.39, 0.29) is 12.7 Å². The minimum atomic E-state index is -0.744. The first kappa shape index (κ1) is 49.4. The lowest BCUT2D eigenvalue weighted by atomic mass is 10.0. The summed E-state index contributed by atoms with van der Waals surface area (Å²) in [6.07, 6.45) is 57.8. The van der Waals surface area contributed by atoms with Gasteiger partial charge in [-0.3, -0.25) is 0 Å². The molecular weight excluding hydrogens is 613 g/mol. The molecule has 3 nitrogen and oxygen atoms in total. The van der Waals surface area contributed by atoms with Gasteiger partial charge in [-0.15, -0.1) is 0 Å². The van der Waals surface area contributed by atoms with Crippen LogP contribution in [0.2, 0.25) is 0 Å². The maximum absolute atomic E-state index is 10.3. The third kappa shape index (κ3) is 40.1. The Labute approximate surface area is 315 Å². The molecule has 0 rings (SSSR count). The lowest BCUT2D eigenvalue weighted by Crippen LogP contribution is -2.32. The van der Waals surface area contributed by atoms with Crippen molar-refractivity contribution in [1.82, 2.24) is 0 Å². The van der Waals surface area contributed by atoms with Crippen LogP contribution in [0.15, 0.2) is 24.3 Å². The van der Waals surface area contributed by atoms with E-state index < -0.39 is 6.10 Å². The van der Waals surface area contributed by atoms with E-state index in [1.807, 2.05) is 0 Å². The van der Waals surface area contributed by atoms with Crippen LogP contribution in [-0.2, 0) is 4.74 Å². The van der Waals surface area contributed by atoms with Crippen molar-refractivity contribution in [2.45, 2.75) is 264 Å². The first-order chi connectivity index (χ1) is 24.8. The van der Waals surface area contributed by atoms with Crippen LogP contribution in [0.1, 0.15) is 251 Å². The minimum absolute atomic E-state index is 0.198. The fourth-order valence-electron chi connectivity index (χ4n) is 7.10. The smallest absolute Gasteiger partial charge is 0.103 e. The number of ether oxygens (including phenoxy) is 1. The highest BCUT2D eigenvalue weighted by molar-refractivity contribution is 4.82. The Morgan fingerprint density at radius 1 is 0.380 bits per heavy atom. The summed E-state index contributed by atoms with van der Waals surface area (Å²) in [5.41, 5.74) is 0. The first-order valence-electron chi connectivity index (χ1n) is 23.0. The topological polar surface area (TPSA) is 49.7 Å². The zero-order valence-electron chi connectivity index (χ0n) is 34.3. The molecule has 0 aliphatic carbocycles. The van der Waals surface area contributed by atoms with Gasteiger partial charge < -0.3 is 14.9 Å². The Kier molecular flexibility index (Phi) is 44.0. The van der Waals surface area contributed by atoms with E-state index in [1.54, 1.807) is 0 Å². The van der Waals surface area contributed by atoms with E-state index in [0.717, 1.165) is 19.3 Å². The number of hydrogen-bond acceptors (Lipinski definition) is 3. The molecule has 0 fully saturated rings. The molecule has 2 atom stereocenters. The fraction of sp³-hybridized carbons (Fsp3) is 0.915. The second kappa shape index (κ2) is 44.5. The van der Waals surface area contributed by atoms with Crippen LogP contribution >= 0.6 is 0 Å². The molecule has 2 N–H and O–H groups in total. The number of rotatable bonds is 43. The number of aliphatic hydroxyl groups excluding tert-OH is 2. The average molecular weight is 705 g/mol. The van der Waals surface area contributed by atoms with Crippen LogP contribution in [0, 0.1) is 0 Å². The normalized spacial score (nSPS) is 13.3. The van der Waals surface area contributed by atoms with Crippen LogP contribution in [-0.4, -0.2) is 35.6 Å². The monoisotopic (exact) mass is 705 g/mol. The van der Waals surface area contributed by atoms with Crippen molar-refractivity contribution in [3.05, 3.63) is 24.3 Å². The van der Waals surface area contributed by atoms with Gasteiger partial charge in [-0.05, 0) is 64.2 Å². The Balaban J connectivity index is 3.48. The summed E-state index contributed by atoms with van der Waals surface area (Å²) in [7, 11) is 0. The Morgan fingerprint density at radius 2 is 0.660 bits per heavy atom. The molecule has 0 radical (unpaired) electrons. The average Bonchev–Trinajstić information content (AvgIpc) is 3.13. The third-order valence-electron chi connectivity index (χ3n) is 10.6. The molecule has 0 aromatic rings. The summed E-state index contributed by atoms with van der Waals surface area (Å²) in [6, 6.07) is 0. The van der Waals surface area contributed by atoms with Crippen LogP contribution in [0.3, 0.4) is 0 Å². The summed E-state index contributed by atoms with van der Waals surface area (Å²) >= 11 is 0. The van der Waals surface area contributed by atoms with Gasteiger partial charge in [0.2, 0.25) is 0 Å². The Morgan fingerprint density at radius 3 is 0.980 bits per heavy atom. The third-order valence-corrected chi connectivity index (χ3v) is 10.6. The van der Waals surface area contributed by atoms with Gasteiger partial charge in [0.15, 0.2) is 0 Å². The molecule has 298 valence electrons. The van der Waals surface area contributed by atoms with Gasteiger partial charge in [-0.2, -0.15) is 0 Å².